The zero-order valence-electron chi connectivity index (χ0n) is 16.9. The Hall–Kier alpha value is -2.28. The number of amides is 2. The van der Waals surface area contributed by atoms with Gasteiger partial charge in [0, 0.05) is 49.6 Å². The quantitative estimate of drug-likeness (QED) is 0.821. The fourth-order valence-electron chi connectivity index (χ4n) is 5.92. The van der Waals surface area contributed by atoms with Crippen LogP contribution in [0.3, 0.4) is 0 Å². The van der Waals surface area contributed by atoms with Crippen molar-refractivity contribution >= 4 is 17.9 Å². The van der Waals surface area contributed by atoms with Crippen LogP contribution in [0.25, 0.3) is 0 Å². The van der Waals surface area contributed by atoms with Gasteiger partial charge in [0.05, 0.1) is 12.3 Å². The summed E-state index contributed by atoms with van der Waals surface area (Å²) in [5.41, 5.74) is 1.45. The van der Waals surface area contributed by atoms with E-state index < -0.39 is 5.60 Å². The number of nitrogens with one attached hydrogen (secondary N) is 1. The number of carbonyl (C=O) groups excluding carboxylic acids is 2. The van der Waals surface area contributed by atoms with Crippen molar-refractivity contribution in [1.29, 1.82) is 0 Å². The molecular weight excluding hydrogens is 370 g/mol. The molecule has 4 heterocycles. The lowest BCUT2D eigenvalue weighted by Gasteiger charge is -2.48. The van der Waals surface area contributed by atoms with Crippen LogP contribution in [0.2, 0.25) is 0 Å². The molecule has 3 saturated heterocycles. The molecule has 0 radical (unpaired) electrons. The molecule has 2 atom stereocenters. The van der Waals surface area contributed by atoms with E-state index >= 15 is 0 Å². The molecule has 2 bridgehead atoms. The predicted molar refractivity (Wildman–Crippen MR) is 108 cm³/mol. The topological polar surface area (TPSA) is 71.1 Å². The molecule has 156 valence electrons. The second-order valence-electron chi connectivity index (χ2n) is 8.71. The summed E-state index contributed by atoms with van der Waals surface area (Å²) in [7, 11) is 0. The average Bonchev–Trinajstić information content (AvgIpc) is 2.98. The Kier molecular flexibility index (Phi) is 4.65. The molecule has 29 heavy (non-hydrogen) atoms. The molecule has 5 rings (SSSR count). The molecule has 1 aromatic carbocycles. The highest BCUT2D eigenvalue weighted by atomic mass is 16.6. The fourth-order valence-corrected chi connectivity index (χ4v) is 5.92. The minimum absolute atomic E-state index is 0.144. The van der Waals surface area contributed by atoms with Crippen molar-refractivity contribution < 1.29 is 19.1 Å². The zero-order chi connectivity index (χ0) is 20.0. The molecule has 3 fully saturated rings. The third kappa shape index (κ3) is 3.16. The van der Waals surface area contributed by atoms with Gasteiger partial charge >= 0.3 is 12.2 Å². The van der Waals surface area contributed by atoms with Crippen molar-refractivity contribution in [3.8, 4) is 0 Å². The number of likely N-dealkylation sites (tertiary alicyclic amines) is 1. The Bertz CT molecular complexity index is 791. The van der Waals surface area contributed by atoms with E-state index in [-0.39, 0.29) is 12.2 Å². The number of anilines is 1. The average molecular weight is 399 g/mol. The zero-order valence-corrected chi connectivity index (χ0v) is 16.9. The van der Waals surface area contributed by atoms with Crippen LogP contribution in [0.1, 0.15) is 51.0 Å². The van der Waals surface area contributed by atoms with Gasteiger partial charge in [-0.1, -0.05) is 18.2 Å². The molecule has 7 nitrogen and oxygen atoms in total. The van der Waals surface area contributed by atoms with E-state index in [0.29, 0.717) is 24.7 Å². The molecular formula is C22H29N3O4. The van der Waals surface area contributed by atoms with Gasteiger partial charge in [0.2, 0.25) is 0 Å². The van der Waals surface area contributed by atoms with Gasteiger partial charge in [-0.2, -0.15) is 0 Å². The number of fused-ring (bicyclic) bond motifs is 4. The molecule has 0 aromatic heterocycles. The summed E-state index contributed by atoms with van der Waals surface area (Å²) in [6.07, 6.45) is 5.31. The Morgan fingerprint density at radius 2 is 1.86 bits per heavy atom. The van der Waals surface area contributed by atoms with Crippen molar-refractivity contribution in [2.45, 2.75) is 69.2 Å². The second-order valence-corrected chi connectivity index (χ2v) is 8.71. The van der Waals surface area contributed by atoms with E-state index in [0.717, 1.165) is 62.9 Å². The number of rotatable bonds is 2. The largest absolute Gasteiger partial charge is 0.450 e. The summed E-state index contributed by atoms with van der Waals surface area (Å²) in [4.78, 5) is 29.0. The lowest BCUT2D eigenvalue weighted by Crippen LogP contribution is -2.56. The summed E-state index contributed by atoms with van der Waals surface area (Å²) < 4.78 is 11.1. The highest BCUT2D eigenvalue weighted by molar-refractivity contribution is 5.88. The first-order valence-corrected chi connectivity index (χ1v) is 10.9. The number of para-hydroxylation sites is 1. The van der Waals surface area contributed by atoms with Gasteiger partial charge in [0.1, 0.15) is 5.60 Å². The fraction of sp³-hybridized carbons (Fsp3) is 0.636. The summed E-state index contributed by atoms with van der Waals surface area (Å²) in [5, 5.41) is 2.83. The van der Waals surface area contributed by atoms with Crippen molar-refractivity contribution in [2.24, 2.45) is 0 Å². The lowest BCUT2D eigenvalue weighted by atomic mass is 9.81. The maximum Gasteiger partial charge on any atom is 0.412 e. The first-order valence-electron chi connectivity index (χ1n) is 10.9. The number of benzene rings is 1. The standard InChI is InChI=1S/C22H29N3O4/c1-2-28-21(27)25-15-7-8-16(25)14-17(13-15)24-11-9-22(10-12-24)18-5-3-4-6-19(18)23-20(26)29-22/h3-6,15-17H,2,7-14H2,1H3,(H,23,26). The molecule has 1 N–H and O–H groups in total. The minimum atomic E-state index is -0.514. The second kappa shape index (κ2) is 7.20. The summed E-state index contributed by atoms with van der Waals surface area (Å²) >= 11 is 0. The third-order valence-electron chi connectivity index (χ3n) is 7.25. The van der Waals surface area contributed by atoms with E-state index in [9.17, 15) is 9.59 Å². The molecule has 4 aliphatic heterocycles. The van der Waals surface area contributed by atoms with Crippen LogP contribution in [-0.2, 0) is 15.1 Å². The van der Waals surface area contributed by atoms with Gasteiger partial charge in [-0.15, -0.1) is 0 Å². The SMILES string of the molecule is CCOC(=O)N1C2CCC1CC(N1CCC3(CC1)OC(=O)Nc1ccccc13)C2. The normalized spacial score (nSPS) is 30.4. The molecule has 4 aliphatic rings. The van der Waals surface area contributed by atoms with Crippen LogP contribution in [0.4, 0.5) is 15.3 Å². The number of piperidine rings is 2. The highest BCUT2D eigenvalue weighted by Gasteiger charge is 2.49. The van der Waals surface area contributed by atoms with E-state index in [2.05, 4.69) is 16.3 Å². The maximum atomic E-state index is 12.3. The van der Waals surface area contributed by atoms with Crippen LogP contribution < -0.4 is 5.32 Å². The van der Waals surface area contributed by atoms with Gasteiger partial charge < -0.3 is 14.4 Å². The van der Waals surface area contributed by atoms with Gasteiger partial charge in [-0.3, -0.25) is 10.2 Å². The Labute approximate surface area is 171 Å². The number of ether oxygens (including phenoxy) is 2. The van der Waals surface area contributed by atoms with E-state index in [1.807, 2.05) is 30.0 Å². The molecule has 1 aromatic rings. The lowest BCUT2D eigenvalue weighted by molar-refractivity contribution is -0.0541. The number of carbonyl (C=O) groups is 2. The van der Waals surface area contributed by atoms with Gasteiger partial charge in [-0.25, -0.2) is 9.59 Å². The van der Waals surface area contributed by atoms with Crippen molar-refractivity contribution in [1.82, 2.24) is 9.80 Å². The molecule has 1 spiro atoms. The maximum absolute atomic E-state index is 12.3. The Morgan fingerprint density at radius 1 is 1.17 bits per heavy atom. The summed E-state index contributed by atoms with van der Waals surface area (Å²) in [5.74, 6) is 0. The van der Waals surface area contributed by atoms with Crippen molar-refractivity contribution in [3.05, 3.63) is 29.8 Å². The van der Waals surface area contributed by atoms with Crippen LogP contribution in [-0.4, -0.2) is 59.8 Å². The van der Waals surface area contributed by atoms with E-state index in [1.165, 1.54) is 0 Å². The monoisotopic (exact) mass is 399 g/mol. The van der Waals surface area contributed by atoms with E-state index in [1.54, 1.807) is 0 Å². The minimum Gasteiger partial charge on any atom is -0.450 e. The Balaban J connectivity index is 1.27. The third-order valence-corrected chi connectivity index (χ3v) is 7.25. The number of nitrogens with zero attached hydrogens (tertiary/aromatic N) is 2. The van der Waals surface area contributed by atoms with Gasteiger partial charge in [0.15, 0.2) is 0 Å². The molecule has 7 heteroatoms. The first-order chi connectivity index (χ1) is 14.1. The van der Waals surface area contributed by atoms with Gasteiger partial charge in [-0.05, 0) is 38.7 Å². The summed E-state index contributed by atoms with van der Waals surface area (Å²) in [6.45, 7) is 4.11. The van der Waals surface area contributed by atoms with Crippen LogP contribution in [0.5, 0.6) is 0 Å². The van der Waals surface area contributed by atoms with Gasteiger partial charge in [0.25, 0.3) is 0 Å². The smallest absolute Gasteiger partial charge is 0.412 e. The number of hydrogen-bond acceptors (Lipinski definition) is 5. The van der Waals surface area contributed by atoms with E-state index in [4.69, 9.17) is 9.47 Å². The molecule has 2 amide bonds. The Morgan fingerprint density at radius 3 is 2.55 bits per heavy atom. The van der Waals surface area contributed by atoms with Crippen LogP contribution in [0, 0.1) is 0 Å². The molecule has 0 saturated carbocycles. The van der Waals surface area contributed by atoms with Crippen molar-refractivity contribution in [3.63, 3.8) is 0 Å². The predicted octanol–water partition coefficient (Wildman–Crippen LogP) is 3.69. The van der Waals surface area contributed by atoms with Crippen LogP contribution >= 0.6 is 0 Å². The molecule has 2 unspecified atom stereocenters. The molecule has 0 aliphatic carbocycles. The summed E-state index contributed by atoms with van der Waals surface area (Å²) in [6, 6.07) is 9.06. The van der Waals surface area contributed by atoms with Crippen molar-refractivity contribution in [2.75, 3.05) is 25.0 Å². The number of hydrogen-bond donors (Lipinski definition) is 1. The highest BCUT2D eigenvalue weighted by Crippen LogP contribution is 2.45. The van der Waals surface area contributed by atoms with Crippen LogP contribution in [0.15, 0.2) is 24.3 Å². The first kappa shape index (κ1) is 18.7.